The summed E-state index contributed by atoms with van der Waals surface area (Å²) in [5, 5.41) is 18.2. The van der Waals surface area contributed by atoms with Crippen molar-refractivity contribution < 1.29 is 19.7 Å². The maximum atomic E-state index is 10.8. The van der Waals surface area contributed by atoms with Crippen LogP contribution in [0.3, 0.4) is 0 Å². The van der Waals surface area contributed by atoms with Crippen molar-refractivity contribution in [2.45, 2.75) is 58.2 Å². The van der Waals surface area contributed by atoms with Crippen LogP contribution in [-0.4, -0.2) is 35.0 Å². The number of rotatable bonds is 8. The van der Waals surface area contributed by atoms with Crippen LogP contribution in [0.5, 0.6) is 0 Å². The van der Waals surface area contributed by atoms with E-state index in [1.807, 2.05) is 0 Å². The van der Waals surface area contributed by atoms with Gasteiger partial charge in [0.05, 0.1) is 6.10 Å². The van der Waals surface area contributed by atoms with Crippen LogP contribution >= 0.6 is 0 Å². The van der Waals surface area contributed by atoms with E-state index in [4.69, 9.17) is 5.11 Å². The van der Waals surface area contributed by atoms with E-state index in [-0.39, 0.29) is 6.61 Å². The molecule has 15 heavy (non-hydrogen) atoms. The van der Waals surface area contributed by atoms with Gasteiger partial charge in [-0.2, -0.15) is 0 Å². The molecule has 0 radical (unpaired) electrons. The second-order valence-electron chi connectivity index (χ2n) is 3.81. The first-order valence-electron chi connectivity index (χ1n) is 5.60. The molecular formula is C11H22O4. The Morgan fingerprint density at radius 3 is 2.47 bits per heavy atom. The lowest BCUT2D eigenvalue weighted by molar-refractivity contribution is -0.155. The van der Waals surface area contributed by atoms with Crippen molar-refractivity contribution in [3.8, 4) is 0 Å². The molecule has 0 aliphatic carbocycles. The largest absolute Gasteiger partial charge is 0.461 e. The van der Waals surface area contributed by atoms with Crippen LogP contribution in [0, 0.1) is 0 Å². The molecule has 0 rings (SSSR count). The van der Waals surface area contributed by atoms with Crippen LogP contribution in [0.15, 0.2) is 0 Å². The zero-order valence-corrected chi connectivity index (χ0v) is 9.61. The van der Waals surface area contributed by atoms with Gasteiger partial charge < -0.3 is 14.9 Å². The van der Waals surface area contributed by atoms with Gasteiger partial charge in [0.25, 0.3) is 0 Å². The van der Waals surface area contributed by atoms with Crippen molar-refractivity contribution in [3.63, 3.8) is 0 Å². The lowest BCUT2D eigenvalue weighted by Crippen LogP contribution is -2.24. The molecule has 4 nitrogen and oxygen atoms in total. The Bertz CT molecular complexity index is 168. The average molecular weight is 218 g/mol. The summed E-state index contributed by atoms with van der Waals surface area (Å²) in [6, 6.07) is 0. The molecule has 0 aromatic heterocycles. The van der Waals surface area contributed by atoms with Crippen molar-refractivity contribution in [2.75, 3.05) is 6.61 Å². The Labute approximate surface area is 91.3 Å². The molecule has 0 amide bonds. The predicted molar refractivity (Wildman–Crippen MR) is 57.4 cm³/mol. The summed E-state index contributed by atoms with van der Waals surface area (Å²) >= 11 is 0. The third kappa shape index (κ3) is 8.39. The zero-order chi connectivity index (χ0) is 11.7. The predicted octanol–water partition coefficient (Wildman–Crippen LogP) is 1.24. The number of hydrogen-bond acceptors (Lipinski definition) is 4. The smallest absolute Gasteiger partial charge is 0.334 e. The highest BCUT2D eigenvalue weighted by Gasteiger charge is 2.12. The molecule has 2 unspecified atom stereocenters. The second-order valence-corrected chi connectivity index (χ2v) is 3.81. The number of carbonyl (C=O) groups is 1. The molecular weight excluding hydrogens is 196 g/mol. The molecule has 4 heteroatoms. The lowest BCUT2D eigenvalue weighted by atomic mass is 10.1. The fourth-order valence-corrected chi connectivity index (χ4v) is 1.19. The van der Waals surface area contributed by atoms with Crippen molar-refractivity contribution in [3.05, 3.63) is 0 Å². The number of hydrogen-bond donors (Lipinski definition) is 2. The Balaban J connectivity index is 3.40. The Hall–Kier alpha value is -0.610. The van der Waals surface area contributed by atoms with Crippen molar-refractivity contribution in [1.82, 2.24) is 0 Å². The van der Waals surface area contributed by atoms with E-state index in [9.17, 15) is 9.90 Å². The molecule has 2 atom stereocenters. The third-order valence-corrected chi connectivity index (χ3v) is 2.15. The van der Waals surface area contributed by atoms with Crippen LogP contribution in [-0.2, 0) is 9.53 Å². The summed E-state index contributed by atoms with van der Waals surface area (Å²) in [6.07, 6.45) is 3.29. The summed E-state index contributed by atoms with van der Waals surface area (Å²) in [6.45, 7) is 3.45. The molecule has 0 aromatic carbocycles. The minimum absolute atomic E-state index is 0.0180. The molecule has 0 heterocycles. The number of aliphatic hydroxyl groups excluding tert-OH is 2. The minimum atomic E-state index is -1.11. The molecule has 90 valence electrons. The van der Waals surface area contributed by atoms with Gasteiger partial charge in [-0.1, -0.05) is 32.6 Å². The monoisotopic (exact) mass is 218 g/mol. The maximum Gasteiger partial charge on any atom is 0.334 e. The summed E-state index contributed by atoms with van der Waals surface area (Å²) in [5.41, 5.74) is 0. The molecule has 0 saturated heterocycles. The van der Waals surface area contributed by atoms with E-state index in [1.165, 1.54) is 13.3 Å². The number of aliphatic hydroxyl groups is 2. The van der Waals surface area contributed by atoms with E-state index >= 15 is 0 Å². The van der Waals surface area contributed by atoms with Gasteiger partial charge in [0, 0.05) is 0 Å². The molecule has 0 spiro atoms. The number of carbonyl (C=O) groups excluding carboxylic acids is 1. The van der Waals surface area contributed by atoms with Crippen LogP contribution in [0.2, 0.25) is 0 Å². The normalized spacial score (nSPS) is 14.7. The van der Waals surface area contributed by atoms with Crippen LogP contribution in [0.4, 0.5) is 0 Å². The van der Waals surface area contributed by atoms with Gasteiger partial charge in [-0.3, -0.25) is 0 Å². The summed E-state index contributed by atoms with van der Waals surface area (Å²) in [5.74, 6) is -0.678. The van der Waals surface area contributed by atoms with E-state index < -0.39 is 18.2 Å². The molecule has 0 bridgehead atoms. The summed E-state index contributed by atoms with van der Waals surface area (Å²) in [4.78, 5) is 10.8. The highest BCUT2D eigenvalue weighted by Crippen LogP contribution is 2.06. The SMILES string of the molecule is CCCCCCC(O)COC(=O)C(C)O. The van der Waals surface area contributed by atoms with Gasteiger partial charge in [-0.25, -0.2) is 4.79 Å². The Morgan fingerprint density at radius 1 is 1.27 bits per heavy atom. The van der Waals surface area contributed by atoms with Crippen LogP contribution in [0.25, 0.3) is 0 Å². The van der Waals surface area contributed by atoms with Gasteiger partial charge in [0.15, 0.2) is 0 Å². The van der Waals surface area contributed by atoms with Gasteiger partial charge in [0.1, 0.15) is 12.7 Å². The third-order valence-electron chi connectivity index (χ3n) is 2.15. The highest BCUT2D eigenvalue weighted by molar-refractivity contribution is 5.73. The first-order chi connectivity index (χ1) is 7.07. The average Bonchev–Trinajstić information content (AvgIpc) is 2.20. The van der Waals surface area contributed by atoms with Crippen molar-refractivity contribution >= 4 is 5.97 Å². The van der Waals surface area contributed by atoms with E-state index in [0.717, 1.165) is 19.3 Å². The summed E-state index contributed by atoms with van der Waals surface area (Å²) in [7, 11) is 0. The van der Waals surface area contributed by atoms with Gasteiger partial charge in [-0.05, 0) is 13.3 Å². The molecule has 0 aliphatic rings. The molecule has 0 aromatic rings. The van der Waals surface area contributed by atoms with E-state index in [0.29, 0.717) is 6.42 Å². The van der Waals surface area contributed by atoms with Gasteiger partial charge in [-0.15, -0.1) is 0 Å². The van der Waals surface area contributed by atoms with E-state index in [2.05, 4.69) is 11.7 Å². The van der Waals surface area contributed by atoms with Gasteiger partial charge in [0.2, 0.25) is 0 Å². The van der Waals surface area contributed by atoms with Crippen molar-refractivity contribution in [2.24, 2.45) is 0 Å². The molecule has 0 fully saturated rings. The van der Waals surface area contributed by atoms with Crippen LogP contribution < -0.4 is 0 Å². The fourth-order valence-electron chi connectivity index (χ4n) is 1.19. The fraction of sp³-hybridized carbons (Fsp3) is 0.909. The number of unbranched alkanes of at least 4 members (excludes halogenated alkanes) is 3. The minimum Gasteiger partial charge on any atom is -0.461 e. The van der Waals surface area contributed by atoms with Crippen molar-refractivity contribution in [1.29, 1.82) is 0 Å². The topological polar surface area (TPSA) is 66.8 Å². The summed E-state index contributed by atoms with van der Waals surface area (Å²) < 4.78 is 4.68. The second kappa shape index (κ2) is 8.68. The highest BCUT2D eigenvalue weighted by atomic mass is 16.6. The standard InChI is InChI=1S/C11H22O4/c1-3-4-5-6-7-10(13)8-15-11(14)9(2)12/h9-10,12-13H,3-8H2,1-2H3. The zero-order valence-electron chi connectivity index (χ0n) is 9.61. The number of ether oxygens (including phenoxy) is 1. The Kier molecular flexibility index (Phi) is 8.33. The Morgan fingerprint density at radius 2 is 1.93 bits per heavy atom. The van der Waals surface area contributed by atoms with E-state index in [1.54, 1.807) is 0 Å². The first-order valence-corrected chi connectivity index (χ1v) is 5.60. The van der Waals surface area contributed by atoms with Gasteiger partial charge >= 0.3 is 5.97 Å². The molecule has 0 saturated carbocycles. The first kappa shape index (κ1) is 14.4. The lowest BCUT2D eigenvalue weighted by Gasteiger charge is -2.11. The van der Waals surface area contributed by atoms with Crippen LogP contribution in [0.1, 0.15) is 46.0 Å². The maximum absolute atomic E-state index is 10.8. The quantitative estimate of drug-likeness (QED) is 0.475. The molecule has 2 N–H and O–H groups in total. The molecule has 0 aliphatic heterocycles. The number of esters is 1.